The Balaban J connectivity index is 1.23. The molecule has 1 amide bonds. The van der Waals surface area contributed by atoms with E-state index in [2.05, 4.69) is 10.5 Å². The van der Waals surface area contributed by atoms with Crippen LogP contribution in [0.2, 0.25) is 0 Å². The first-order chi connectivity index (χ1) is 16.6. The van der Waals surface area contributed by atoms with Crippen LogP contribution in [0.15, 0.2) is 90.0 Å². The number of nitrogens with zero attached hydrogens (tertiary/aromatic N) is 1. The van der Waals surface area contributed by atoms with Crippen LogP contribution in [0.4, 0.5) is 0 Å². The summed E-state index contributed by atoms with van der Waals surface area (Å²) in [6.07, 6.45) is 0. The second kappa shape index (κ2) is 9.19. The molecule has 4 aromatic rings. The minimum atomic E-state index is -0.387. The third-order valence-electron chi connectivity index (χ3n) is 5.65. The fourth-order valence-corrected chi connectivity index (χ4v) is 3.98. The Morgan fingerprint density at radius 3 is 2.15 bits per heavy atom. The molecule has 0 heterocycles. The highest BCUT2D eigenvalue weighted by atomic mass is 16.5. The number of ether oxygens (including phenoxy) is 2. The number of benzene rings is 4. The van der Waals surface area contributed by atoms with Crippen molar-refractivity contribution in [1.82, 2.24) is 5.43 Å². The van der Waals surface area contributed by atoms with Gasteiger partial charge in [0.1, 0.15) is 23.8 Å². The molecule has 6 nitrogen and oxygen atoms in total. The molecule has 0 saturated carbocycles. The van der Waals surface area contributed by atoms with E-state index in [1.165, 1.54) is 0 Å². The number of hydrogen-bond donors (Lipinski definition) is 1. The second-order valence-electron chi connectivity index (χ2n) is 7.83. The summed E-state index contributed by atoms with van der Waals surface area (Å²) in [5.74, 6) is 0.961. The van der Waals surface area contributed by atoms with Gasteiger partial charge in [-0.15, -0.1) is 0 Å². The van der Waals surface area contributed by atoms with Crippen LogP contribution in [-0.2, 0) is 6.61 Å². The molecule has 1 aliphatic rings. The average molecular weight is 450 g/mol. The predicted molar refractivity (Wildman–Crippen MR) is 131 cm³/mol. The molecule has 0 radical (unpaired) electrons. The van der Waals surface area contributed by atoms with Gasteiger partial charge in [0.2, 0.25) is 5.78 Å². The molecule has 1 aliphatic carbocycles. The Hall–Kier alpha value is -4.45. The van der Waals surface area contributed by atoms with E-state index >= 15 is 0 Å². The fraction of sp³-hybridized carbons (Fsp3) is 0.107. The molecule has 0 unspecified atom stereocenters. The van der Waals surface area contributed by atoms with Gasteiger partial charge in [-0.05, 0) is 54.3 Å². The van der Waals surface area contributed by atoms with Crippen molar-refractivity contribution in [3.05, 3.63) is 107 Å². The number of nitrogens with one attached hydrogen (secondary N) is 1. The van der Waals surface area contributed by atoms with Crippen molar-refractivity contribution in [2.75, 3.05) is 6.61 Å². The summed E-state index contributed by atoms with van der Waals surface area (Å²) in [5, 5.41) is 6.02. The summed E-state index contributed by atoms with van der Waals surface area (Å²) in [5.41, 5.74) is 5.48. The molecule has 0 bridgehead atoms. The molecule has 5 rings (SSSR count). The lowest BCUT2D eigenvalue weighted by molar-refractivity contribution is 0.0955. The maximum atomic E-state index is 12.8. The van der Waals surface area contributed by atoms with Crippen LogP contribution in [-0.4, -0.2) is 24.0 Å². The Bertz CT molecular complexity index is 1400. The molecule has 168 valence electrons. The van der Waals surface area contributed by atoms with Crippen LogP contribution < -0.4 is 14.9 Å². The molecule has 0 saturated heterocycles. The van der Waals surface area contributed by atoms with Crippen molar-refractivity contribution in [3.63, 3.8) is 0 Å². The summed E-state index contributed by atoms with van der Waals surface area (Å²) in [7, 11) is 0. The highest BCUT2D eigenvalue weighted by Gasteiger charge is 2.28. The standard InChI is InChI=1S/C28H22N2O4/c1-2-33-21-13-15-22(16-14-21)34-17-18-9-11-20(12-10-18)28(32)30-29-26-23-7-3-5-19-6-4-8-24(25(19)23)27(26)31/h3-16H,2,17H2,1H3,(H,30,32). The monoisotopic (exact) mass is 450 g/mol. The SMILES string of the molecule is CCOc1ccc(OCc2ccc(C(=O)NN=C3C(=O)c4cccc5cccc3c45)cc2)cc1. The van der Waals surface area contributed by atoms with Gasteiger partial charge < -0.3 is 9.47 Å². The minimum absolute atomic E-state index is 0.186. The van der Waals surface area contributed by atoms with Gasteiger partial charge in [0.25, 0.3) is 5.91 Å². The van der Waals surface area contributed by atoms with Crippen LogP contribution in [0, 0.1) is 0 Å². The number of Topliss-reactive ketones (excluding diaryl/α,β-unsaturated/α-hetero) is 1. The van der Waals surface area contributed by atoms with Crippen molar-refractivity contribution in [2.24, 2.45) is 5.10 Å². The molecular weight excluding hydrogens is 428 g/mol. The van der Waals surface area contributed by atoms with E-state index in [0.717, 1.165) is 33.4 Å². The van der Waals surface area contributed by atoms with Gasteiger partial charge in [-0.25, -0.2) is 5.43 Å². The minimum Gasteiger partial charge on any atom is -0.494 e. The van der Waals surface area contributed by atoms with E-state index < -0.39 is 0 Å². The largest absolute Gasteiger partial charge is 0.494 e. The molecular formula is C28H22N2O4. The van der Waals surface area contributed by atoms with Gasteiger partial charge in [-0.1, -0.05) is 48.5 Å². The molecule has 6 heteroatoms. The van der Waals surface area contributed by atoms with Crippen molar-refractivity contribution in [3.8, 4) is 11.5 Å². The van der Waals surface area contributed by atoms with Crippen LogP contribution in [0.25, 0.3) is 10.8 Å². The topological polar surface area (TPSA) is 77.0 Å². The number of rotatable bonds is 7. The van der Waals surface area contributed by atoms with E-state index in [0.29, 0.717) is 24.3 Å². The summed E-state index contributed by atoms with van der Waals surface area (Å²) >= 11 is 0. The normalized spacial score (nSPS) is 13.3. The Kier molecular flexibility index (Phi) is 5.79. The molecule has 0 aliphatic heterocycles. The summed E-state index contributed by atoms with van der Waals surface area (Å²) in [6.45, 7) is 2.93. The van der Waals surface area contributed by atoms with E-state index in [4.69, 9.17) is 9.47 Å². The van der Waals surface area contributed by atoms with E-state index in [1.54, 1.807) is 18.2 Å². The lowest BCUT2D eigenvalue weighted by atomic mass is 10.1. The number of hydrazone groups is 1. The zero-order valence-corrected chi connectivity index (χ0v) is 18.6. The zero-order chi connectivity index (χ0) is 23.5. The summed E-state index contributed by atoms with van der Waals surface area (Å²) < 4.78 is 11.2. The number of amides is 1. The molecule has 1 N–H and O–H groups in total. The summed E-state index contributed by atoms with van der Waals surface area (Å²) in [6, 6.07) is 25.8. The number of ketones is 1. The molecule has 4 aromatic carbocycles. The van der Waals surface area contributed by atoms with E-state index in [1.807, 2.05) is 73.7 Å². The summed E-state index contributed by atoms with van der Waals surface area (Å²) in [4.78, 5) is 25.4. The number of carbonyl (C=O) groups is 2. The van der Waals surface area contributed by atoms with Gasteiger partial charge in [0, 0.05) is 22.1 Å². The Labute approximate surface area is 196 Å². The average Bonchev–Trinajstić information content (AvgIpc) is 3.15. The Morgan fingerprint density at radius 2 is 1.47 bits per heavy atom. The molecule has 0 aromatic heterocycles. The van der Waals surface area contributed by atoms with Crippen molar-refractivity contribution in [1.29, 1.82) is 0 Å². The third kappa shape index (κ3) is 4.13. The van der Waals surface area contributed by atoms with Gasteiger partial charge in [-0.3, -0.25) is 9.59 Å². The number of carbonyl (C=O) groups excluding carboxylic acids is 2. The van der Waals surface area contributed by atoms with Crippen molar-refractivity contribution >= 4 is 28.2 Å². The molecule has 34 heavy (non-hydrogen) atoms. The fourth-order valence-electron chi connectivity index (χ4n) is 3.98. The molecule has 0 fully saturated rings. The maximum absolute atomic E-state index is 12.8. The molecule has 0 atom stereocenters. The number of hydrogen-bond acceptors (Lipinski definition) is 5. The highest BCUT2D eigenvalue weighted by Crippen LogP contribution is 2.30. The third-order valence-corrected chi connectivity index (χ3v) is 5.65. The lowest BCUT2D eigenvalue weighted by Crippen LogP contribution is -2.22. The first-order valence-electron chi connectivity index (χ1n) is 11.0. The van der Waals surface area contributed by atoms with E-state index in [-0.39, 0.29) is 17.4 Å². The van der Waals surface area contributed by atoms with Gasteiger partial charge in [0.05, 0.1) is 6.61 Å². The van der Waals surface area contributed by atoms with Gasteiger partial charge in [-0.2, -0.15) is 5.10 Å². The quantitative estimate of drug-likeness (QED) is 0.395. The van der Waals surface area contributed by atoms with Crippen molar-refractivity contribution in [2.45, 2.75) is 13.5 Å². The van der Waals surface area contributed by atoms with Crippen LogP contribution in [0.5, 0.6) is 11.5 Å². The lowest BCUT2D eigenvalue weighted by Gasteiger charge is -2.08. The molecule has 0 spiro atoms. The second-order valence-corrected chi connectivity index (χ2v) is 7.83. The van der Waals surface area contributed by atoms with Crippen molar-refractivity contribution < 1.29 is 19.1 Å². The van der Waals surface area contributed by atoms with E-state index in [9.17, 15) is 9.59 Å². The van der Waals surface area contributed by atoms with Gasteiger partial charge >= 0.3 is 0 Å². The first-order valence-corrected chi connectivity index (χ1v) is 11.0. The zero-order valence-electron chi connectivity index (χ0n) is 18.6. The maximum Gasteiger partial charge on any atom is 0.271 e. The first kappa shape index (κ1) is 21.4. The predicted octanol–water partition coefficient (Wildman–Crippen LogP) is 5.15. The van der Waals surface area contributed by atoms with Crippen LogP contribution >= 0.6 is 0 Å². The Morgan fingerprint density at radius 1 is 0.824 bits per heavy atom. The van der Waals surface area contributed by atoms with Gasteiger partial charge in [0.15, 0.2) is 0 Å². The highest BCUT2D eigenvalue weighted by molar-refractivity contribution is 6.59. The smallest absolute Gasteiger partial charge is 0.271 e. The van der Waals surface area contributed by atoms with Crippen LogP contribution in [0.3, 0.4) is 0 Å². The van der Waals surface area contributed by atoms with Crippen LogP contribution in [0.1, 0.15) is 38.8 Å².